The van der Waals surface area contributed by atoms with Gasteiger partial charge in [0.05, 0.1) is 18.1 Å². The molecule has 1 fully saturated rings. The Kier molecular flexibility index (Phi) is 6.94. The minimum atomic E-state index is -3.22. The second kappa shape index (κ2) is 7.97. The summed E-state index contributed by atoms with van der Waals surface area (Å²) < 4.78 is 30.3. The number of sulfonamides is 1. The molecule has 0 aromatic carbocycles. The summed E-state index contributed by atoms with van der Waals surface area (Å²) in [5, 5.41) is 0. The van der Waals surface area contributed by atoms with Crippen molar-refractivity contribution in [3.05, 3.63) is 12.3 Å². The summed E-state index contributed by atoms with van der Waals surface area (Å²) in [5.41, 5.74) is 0. The Labute approximate surface area is 125 Å². The molecule has 8 heteroatoms. The quantitative estimate of drug-likeness (QED) is 0.390. The van der Waals surface area contributed by atoms with Crippen molar-refractivity contribution < 1.29 is 17.9 Å². The predicted octanol–water partition coefficient (Wildman–Crippen LogP) is 0.639. The molecule has 0 amide bonds. The first-order chi connectivity index (χ1) is 9.35. The minimum absolute atomic E-state index is 0.0776. The van der Waals surface area contributed by atoms with Crippen LogP contribution in [0.1, 0.15) is 13.3 Å². The predicted molar refractivity (Wildman–Crippen MR) is 78.0 cm³/mol. The fourth-order valence-corrected chi connectivity index (χ4v) is 3.72. The molecule has 6 nitrogen and oxygen atoms in total. The van der Waals surface area contributed by atoms with Gasteiger partial charge in [-0.15, -0.1) is 11.6 Å². The molecule has 1 saturated heterocycles. The minimum Gasteiger partial charge on any atom is -0.431 e. The van der Waals surface area contributed by atoms with Crippen LogP contribution in [0.15, 0.2) is 12.3 Å². The third kappa shape index (κ3) is 5.78. The zero-order chi connectivity index (χ0) is 15.2. The molecule has 1 aliphatic rings. The summed E-state index contributed by atoms with van der Waals surface area (Å²) >= 11 is 5.52. The highest BCUT2D eigenvalue weighted by Gasteiger charge is 2.27. The number of ether oxygens (including phenoxy) is 1. The zero-order valence-electron chi connectivity index (χ0n) is 11.7. The van der Waals surface area contributed by atoms with E-state index in [9.17, 15) is 13.2 Å². The van der Waals surface area contributed by atoms with Gasteiger partial charge in [-0.2, -0.15) is 4.31 Å². The van der Waals surface area contributed by atoms with Crippen LogP contribution in [0, 0.1) is 0 Å². The molecular weight excluding hydrogens is 304 g/mol. The summed E-state index contributed by atoms with van der Waals surface area (Å²) in [4.78, 5) is 13.3. The lowest BCUT2D eigenvalue weighted by atomic mass is 10.3. The summed E-state index contributed by atoms with van der Waals surface area (Å²) in [6, 6.07) is 0. The van der Waals surface area contributed by atoms with Gasteiger partial charge < -0.3 is 4.74 Å². The highest BCUT2D eigenvalue weighted by atomic mass is 35.5. The fraction of sp³-hybridized carbons (Fsp3) is 0.750. The van der Waals surface area contributed by atoms with E-state index in [1.807, 2.05) is 4.90 Å². The van der Waals surface area contributed by atoms with Gasteiger partial charge in [-0.25, -0.2) is 8.42 Å². The maximum Gasteiger partial charge on any atom is 0.325 e. The average Bonchev–Trinajstić information content (AvgIpc) is 2.36. The molecule has 1 aliphatic heterocycles. The number of halogens is 1. The molecule has 0 N–H and O–H groups in total. The van der Waals surface area contributed by atoms with Gasteiger partial charge in [0.1, 0.15) is 0 Å². The summed E-state index contributed by atoms with van der Waals surface area (Å²) in [6.07, 6.45) is 0.453. The SMILES string of the molecule is C=C(C)OC(=O)CN1CCN(S(=O)(=O)CCCCl)CC1. The van der Waals surface area contributed by atoms with Gasteiger partial charge in [-0.3, -0.25) is 9.69 Å². The maximum atomic E-state index is 12.0. The number of hydrogen-bond donors (Lipinski definition) is 0. The number of nitrogens with zero attached hydrogens (tertiary/aromatic N) is 2. The van der Waals surface area contributed by atoms with Crippen LogP contribution < -0.4 is 0 Å². The summed E-state index contributed by atoms with van der Waals surface area (Å²) in [7, 11) is -3.22. The number of esters is 1. The van der Waals surface area contributed by atoms with Crippen LogP contribution in [0.4, 0.5) is 0 Å². The van der Waals surface area contributed by atoms with E-state index in [1.165, 1.54) is 4.31 Å². The number of rotatable bonds is 7. The van der Waals surface area contributed by atoms with E-state index in [1.54, 1.807) is 6.92 Å². The van der Waals surface area contributed by atoms with Crippen LogP contribution in [-0.2, 0) is 19.6 Å². The molecule has 0 aromatic heterocycles. The first-order valence-corrected chi connectivity index (χ1v) is 8.62. The smallest absolute Gasteiger partial charge is 0.325 e. The molecular formula is C12H21ClN2O4S. The number of piperazine rings is 1. The standard InChI is InChI=1S/C12H21ClN2O4S/c1-11(2)19-12(16)10-14-5-7-15(8-6-14)20(17,18)9-3-4-13/h1,3-10H2,2H3. The van der Waals surface area contributed by atoms with E-state index in [4.69, 9.17) is 16.3 Å². The molecule has 0 aromatic rings. The lowest BCUT2D eigenvalue weighted by molar-refractivity contribution is -0.140. The first-order valence-electron chi connectivity index (χ1n) is 6.47. The van der Waals surface area contributed by atoms with E-state index >= 15 is 0 Å². The topological polar surface area (TPSA) is 66.9 Å². The van der Waals surface area contributed by atoms with E-state index in [0.717, 1.165) is 0 Å². The highest BCUT2D eigenvalue weighted by Crippen LogP contribution is 2.09. The molecule has 0 spiro atoms. The molecule has 0 saturated carbocycles. The van der Waals surface area contributed by atoms with Gasteiger partial charge in [-0.05, 0) is 13.3 Å². The van der Waals surface area contributed by atoms with Gasteiger partial charge in [0.2, 0.25) is 10.0 Å². The Bertz CT molecular complexity index is 444. The number of alkyl halides is 1. The van der Waals surface area contributed by atoms with Gasteiger partial charge in [0.15, 0.2) is 0 Å². The Morgan fingerprint density at radius 2 is 1.90 bits per heavy atom. The van der Waals surface area contributed by atoms with Crippen molar-refractivity contribution in [3.8, 4) is 0 Å². The number of carbonyl (C=O) groups excluding carboxylic acids is 1. The molecule has 0 bridgehead atoms. The Balaban J connectivity index is 2.40. The van der Waals surface area contributed by atoms with Crippen molar-refractivity contribution in [3.63, 3.8) is 0 Å². The van der Waals surface area contributed by atoms with Crippen LogP contribution in [0.5, 0.6) is 0 Å². The zero-order valence-corrected chi connectivity index (χ0v) is 13.3. The third-order valence-corrected chi connectivity index (χ3v) is 5.13. The molecule has 20 heavy (non-hydrogen) atoms. The van der Waals surface area contributed by atoms with Crippen molar-refractivity contribution in [2.75, 3.05) is 44.4 Å². The lowest BCUT2D eigenvalue weighted by Gasteiger charge is -2.33. The van der Waals surface area contributed by atoms with Gasteiger partial charge in [-0.1, -0.05) is 6.58 Å². The maximum absolute atomic E-state index is 12.0. The van der Waals surface area contributed by atoms with Gasteiger partial charge in [0, 0.05) is 32.1 Å². The van der Waals surface area contributed by atoms with Crippen LogP contribution in [-0.4, -0.2) is 67.9 Å². The van der Waals surface area contributed by atoms with Crippen LogP contribution in [0.25, 0.3) is 0 Å². The van der Waals surface area contributed by atoms with Gasteiger partial charge in [0.25, 0.3) is 0 Å². The molecule has 1 rings (SSSR count). The summed E-state index contributed by atoms with van der Waals surface area (Å²) in [5.74, 6) is 0.411. The van der Waals surface area contributed by atoms with Crippen LogP contribution in [0.2, 0.25) is 0 Å². The van der Waals surface area contributed by atoms with Crippen molar-refractivity contribution in [1.82, 2.24) is 9.21 Å². The largest absolute Gasteiger partial charge is 0.431 e. The van der Waals surface area contributed by atoms with Crippen molar-refractivity contribution in [2.45, 2.75) is 13.3 Å². The van der Waals surface area contributed by atoms with E-state index in [-0.39, 0.29) is 18.3 Å². The second-order valence-corrected chi connectivity index (χ2v) is 7.18. The lowest BCUT2D eigenvalue weighted by Crippen LogP contribution is -2.50. The van der Waals surface area contributed by atoms with E-state index in [0.29, 0.717) is 44.2 Å². The molecule has 0 unspecified atom stereocenters. The average molecular weight is 325 g/mol. The normalized spacial score (nSPS) is 17.9. The summed E-state index contributed by atoms with van der Waals surface area (Å²) in [6.45, 7) is 7.09. The second-order valence-electron chi connectivity index (χ2n) is 4.71. The van der Waals surface area contributed by atoms with Crippen molar-refractivity contribution in [2.24, 2.45) is 0 Å². The fourth-order valence-electron chi connectivity index (χ4n) is 1.94. The van der Waals surface area contributed by atoms with Crippen LogP contribution in [0.3, 0.4) is 0 Å². The Morgan fingerprint density at radius 3 is 2.40 bits per heavy atom. The molecule has 0 radical (unpaired) electrons. The molecule has 116 valence electrons. The number of carbonyl (C=O) groups is 1. The molecule has 0 atom stereocenters. The van der Waals surface area contributed by atoms with E-state index < -0.39 is 10.0 Å². The monoisotopic (exact) mass is 324 g/mol. The van der Waals surface area contributed by atoms with Gasteiger partial charge >= 0.3 is 5.97 Å². The first kappa shape index (κ1) is 17.4. The van der Waals surface area contributed by atoms with E-state index in [2.05, 4.69) is 6.58 Å². The van der Waals surface area contributed by atoms with Crippen LogP contribution >= 0.6 is 11.6 Å². The highest BCUT2D eigenvalue weighted by molar-refractivity contribution is 7.89. The molecule has 0 aliphatic carbocycles. The Morgan fingerprint density at radius 1 is 1.30 bits per heavy atom. The number of hydrogen-bond acceptors (Lipinski definition) is 5. The Hall–Kier alpha value is -0.630. The van der Waals surface area contributed by atoms with Crippen molar-refractivity contribution >= 4 is 27.6 Å². The molecule has 1 heterocycles. The van der Waals surface area contributed by atoms with Crippen molar-refractivity contribution in [1.29, 1.82) is 0 Å². The third-order valence-electron chi connectivity index (χ3n) is 2.90. The number of allylic oxidation sites excluding steroid dienone is 1.